The smallest absolute Gasteiger partial charge is 0.331 e. The Kier molecular flexibility index (Phi) is 1.61. The van der Waals surface area contributed by atoms with Crippen molar-refractivity contribution in [3.63, 3.8) is 0 Å². The summed E-state index contributed by atoms with van der Waals surface area (Å²) < 4.78 is 5.61. The van der Waals surface area contributed by atoms with Crippen LogP contribution in [-0.2, 0) is 9.53 Å². The van der Waals surface area contributed by atoms with Crippen molar-refractivity contribution < 1.29 is 9.53 Å². The van der Waals surface area contributed by atoms with Crippen LogP contribution < -0.4 is 0 Å². The summed E-state index contributed by atoms with van der Waals surface area (Å²) in [4.78, 5) is 11.3. The highest BCUT2D eigenvalue weighted by atomic mass is 16.6. The van der Waals surface area contributed by atoms with Crippen molar-refractivity contribution in [2.24, 2.45) is 5.92 Å². The summed E-state index contributed by atoms with van der Waals surface area (Å²) >= 11 is 0. The predicted molar refractivity (Wildman–Crippen MR) is 52.6 cm³/mol. The van der Waals surface area contributed by atoms with E-state index in [9.17, 15) is 4.79 Å². The zero-order chi connectivity index (χ0) is 9.60. The molecule has 0 aromatic heterocycles. The molecule has 2 aliphatic carbocycles. The van der Waals surface area contributed by atoms with E-state index in [2.05, 4.69) is 6.08 Å². The third kappa shape index (κ3) is 0.941. The molecule has 0 saturated heterocycles. The molecular weight excluding hydrogens is 176 g/mol. The normalized spacial score (nSPS) is 39.9. The SMILES string of the molecule is O=C1C=CC2=CC[C@@H]3CCCC[C@]23O1. The lowest BCUT2D eigenvalue weighted by Crippen LogP contribution is -2.44. The highest BCUT2D eigenvalue weighted by Crippen LogP contribution is 2.50. The number of esters is 1. The van der Waals surface area contributed by atoms with E-state index >= 15 is 0 Å². The number of hydrogen-bond acceptors (Lipinski definition) is 2. The Morgan fingerprint density at radius 1 is 1.36 bits per heavy atom. The zero-order valence-electron chi connectivity index (χ0n) is 8.16. The molecule has 2 nitrogen and oxygen atoms in total. The van der Waals surface area contributed by atoms with Crippen LogP contribution >= 0.6 is 0 Å². The first kappa shape index (κ1) is 8.27. The molecule has 1 heterocycles. The maximum absolute atomic E-state index is 11.3. The van der Waals surface area contributed by atoms with E-state index in [1.54, 1.807) is 6.08 Å². The molecule has 0 N–H and O–H groups in total. The Balaban J connectivity index is 2.03. The average Bonchev–Trinajstić information content (AvgIpc) is 2.55. The molecule has 1 spiro atoms. The van der Waals surface area contributed by atoms with Gasteiger partial charge >= 0.3 is 5.97 Å². The summed E-state index contributed by atoms with van der Waals surface area (Å²) in [6, 6.07) is 0. The van der Waals surface area contributed by atoms with Crippen LogP contribution in [0.5, 0.6) is 0 Å². The third-order valence-corrected chi connectivity index (χ3v) is 3.80. The van der Waals surface area contributed by atoms with Crippen molar-refractivity contribution in [3.8, 4) is 0 Å². The largest absolute Gasteiger partial charge is 0.451 e. The summed E-state index contributed by atoms with van der Waals surface area (Å²) in [5.41, 5.74) is 1.03. The van der Waals surface area contributed by atoms with Gasteiger partial charge in [0.25, 0.3) is 0 Å². The van der Waals surface area contributed by atoms with Crippen LogP contribution in [0.4, 0.5) is 0 Å². The van der Waals surface area contributed by atoms with Gasteiger partial charge in [-0.05, 0) is 37.3 Å². The summed E-state index contributed by atoms with van der Waals surface area (Å²) in [5, 5.41) is 0. The van der Waals surface area contributed by atoms with Crippen LogP contribution in [0.2, 0.25) is 0 Å². The van der Waals surface area contributed by atoms with Crippen molar-refractivity contribution >= 4 is 5.97 Å². The lowest BCUT2D eigenvalue weighted by molar-refractivity contribution is -0.158. The zero-order valence-corrected chi connectivity index (χ0v) is 8.16. The molecule has 74 valence electrons. The first-order chi connectivity index (χ1) is 6.81. The molecule has 0 radical (unpaired) electrons. The molecule has 1 aliphatic heterocycles. The lowest BCUT2D eigenvalue weighted by Gasteiger charge is -2.41. The Labute approximate surface area is 83.6 Å². The van der Waals surface area contributed by atoms with Gasteiger partial charge in [-0.2, -0.15) is 0 Å². The van der Waals surface area contributed by atoms with Crippen molar-refractivity contribution in [3.05, 3.63) is 23.8 Å². The maximum Gasteiger partial charge on any atom is 0.331 e. The van der Waals surface area contributed by atoms with Crippen molar-refractivity contribution in [1.29, 1.82) is 0 Å². The standard InChI is InChI=1S/C12H14O2/c13-11-7-6-10-5-4-9-3-1-2-8-12(9,10)14-11/h5-7,9H,1-4,8H2/t9-,12+/m0/s1. The minimum absolute atomic E-state index is 0.157. The average molecular weight is 190 g/mol. The number of rotatable bonds is 0. The van der Waals surface area contributed by atoms with Gasteiger partial charge in [0.05, 0.1) is 0 Å². The second-order valence-corrected chi connectivity index (χ2v) is 4.48. The molecule has 0 unspecified atom stereocenters. The molecular formula is C12H14O2. The van der Waals surface area contributed by atoms with Gasteiger partial charge in [-0.15, -0.1) is 0 Å². The molecule has 14 heavy (non-hydrogen) atoms. The molecule has 0 aromatic rings. The van der Waals surface area contributed by atoms with Crippen LogP contribution in [-0.4, -0.2) is 11.6 Å². The Bertz CT molecular complexity index is 340. The number of ether oxygens (including phenoxy) is 1. The fourth-order valence-electron chi connectivity index (χ4n) is 3.12. The van der Waals surface area contributed by atoms with E-state index in [1.807, 2.05) is 6.08 Å². The molecule has 0 amide bonds. The molecule has 3 rings (SSSR count). The summed E-state index contributed by atoms with van der Waals surface area (Å²) in [6.45, 7) is 0. The van der Waals surface area contributed by atoms with Gasteiger partial charge in [-0.1, -0.05) is 12.5 Å². The minimum Gasteiger partial charge on any atom is -0.451 e. The molecule has 1 saturated carbocycles. The Morgan fingerprint density at radius 2 is 2.29 bits per heavy atom. The van der Waals surface area contributed by atoms with E-state index in [4.69, 9.17) is 4.74 Å². The third-order valence-electron chi connectivity index (χ3n) is 3.80. The van der Waals surface area contributed by atoms with Gasteiger partial charge in [0, 0.05) is 12.0 Å². The van der Waals surface area contributed by atoms with Crippen molar-refractivity contribution in [2.45, 2.75) is 37.7 Å². The second-order valence-electron chi connectivity index (χ2n) is 4.48. The van der Waals surface area contributed by atoms with Crippen LogP contribution in [0.1, 0.15) is 32.1 Å². The molecule has 3 aliphatic rings. The molecule has 0 bridgehead atoms. The van der Waals surface area contributed by atoms with Gasteiger partial charge in [0.2, 0.25) is 0 Å². The van der Waals surface area contributed by atoms with Gasteiger partial charge in [-0.3, -0.25) is 0 Å². The number of hydrogen-bond donors (Lipinski definition) is 0. The van der Waals surface area contributed by atoms with E-state index in [1.165, 1.54) is 24.8 Å². The first-order valence-corrected chi connectivity index (χ1v) is 5.43. The summed E-state index contributed by atoms with van der Waals surface area (Å²) in [5.74, 6) is 0.399. The predicted octanol–water partition coefficient (Wildman–Crippen LogP) is 2.36. The van der Waals surface area contributed by atoms with Crippen molar-refractivity contribution in [1.82, 2.24) is 0 Å². The Morgan fingerprint density at radius 3 is 3.21 bits per heavy atom. The summed E-state index contributed by atoms with van der Waals surface area (Å²) in [7, 11) is 0. The second kappa shape index (κ2) is 2.72. The number of allylic oxidation sites excluding steroid dienone is 1. The van der Waals surface area contributed by atoms with E-state index in [0.29, 0.717) is 5.92 Å². The topological polar surface area (TPSA) is 26.3 Å². The van der Waals surface area contributed by atoms with Crippen LogP contribution in [0.15, 0.2) is 23.8 Å². The number of carbonyl (C=O) groups excluding carboxylic acids is 1. The molecule has 2 atom stereocenters. The highest BCUT2D eigenvalue weighted by Gasteiger charge is 2.50. The van der Waals surface area contributed by atoms with Gasteiger partial charge in [-0.25, -0.2) is 4.79 Å². The molecule has 2 heteroatoms. The minimum atomic E-state index is -0.218. The first-order valence-electron chi connectivity index (χ1n) is 5.43. The highest BCUT2D eigenvalue weighted by molar-refractivity contribution is 5.85. The van der Waals surface area contributed by atoms with Gasteiger partial charge in [0.15, 0.2) is 0 Å². The van der Waals surface area contributed by atoms with Crippen LogP contribution in [0.3, 0.4) is 0 Å². The monoisotopic (exact) mass is 190 g/mol. The van der Waals surface area contributed by atoms with Crippen molar-refractivity contribution in [2.75, 3.05) is 0 Å². The quantitative estimate of drug-likeness (QED) is 0.548. The molecule has 1 fully saturated rings. The number of carbonyl (C=O) groups is 1. The Hall–Kier alpha value is -1.05. The van der Waals surface area contributed by atoms with E-state index in [-0.39, 0.29) is 11.6 Å². The van der Waals surface area contributed by atoms with Crippen LogP contribution in [0.25, 0.3) is 0 Å². The van der Waals surface area contributed by atoms with Gasteiger partial charge < -0.3 is 4.74 Å². The fraction of sp³-hybridized carbons (Fsp3) is 0.583. The summed E-state index contributed by atoms with van der Waals surface area (Å²) in [6.07, 6.45) is 11.6. The molecule has 0 aromatic carbocycles. The fourth-order valence-corrected chi connectivity index (χ4v) is 3.12. The van der Waals surface area contributed by atoms with E-state index in [0.717, 1.165) is 12.8 Å². The maximum atomic E-state index is 11.3. The lowest BCUT2D eigenvalue weighted by atomic mass is 9.73. The van der Waals surface area contributed by atoms with Gasteiger partial charge in [0.1, 0.15) is 5.60 Å². The van der Waals surface area contributed by atoms with Crippen LogP contribution in [0, 0.1) is 5.92 Å². The van der Waals surface area contributed by atoms with E-state index < -0.39 is 0 Å².